The predicted molar refractivity (Wildman–Crippen MR) is 72.5 cm³/mol. The van der Waals surface area contributed by atoms with Gasteiger partial charge in [0.15, 0.2) is 0 Å². The van der Waals surface area contributed by atoms with Gasteiger partial charge in [0.05, 0.1) is 18.4 Å². The number of halogens is 1. The number of anilines is 1. The molecule has 2 rings (SSSR count). The summed E-state index contributed by atoms with van der Waals surface area (Å²) in [6.45, 7) is 3.74. The first-order valence-electron chi connectivity index (χ1n) is 5.93. The number of nitrogens with zero attached hydrogens (tertiary/aromatic N) is 2. The van der Waals surface area contributed by atoms with Crippen molar-refractivity contribution in [2.45, 2.75) is 0 Å². The van der Waals surface area contributed by atoms with Crippen molar-refractivity contribution in [1.82, 2.24) is 4.90 Å². The molecule has 1 aromatic rings. The van der Waals surface area contributed by atoms with E-state index in [1.54, 1.807) is 12.1 Å². The molecule has 0 spiro atoms. The second kappa shape index (κ2) is 5.59. The standard InChI is InChI=1S/C13H17ClN2O2/c1-15-5-7-16(8-6-15)12-9-10(14)3-4-11(12)13(17)18-2/h3-4,9H,5-8H2,1-2H3. The van der Waals surface area contributed by atoms with Gasteiger partial charge in [-0.05, 0) is 25.2 Å². The highest BCUT2D eigenvalue weighted by Gasteiger charge is 2.20. The van der Waals surface area contributed by atoms with Crippen molar-refractivity contribution in [3.8, 4) is 0 Å². The summed E-state index contributed by atoms with van der Waals surface area (Å²) in [5, 5.41) is 0.636. The van der Waals surface area contributed by atoms with Crippen molar-refractivity contribution in [1.29, 1.82) is 0 Å². The predicted octanol–water partition coefficient (Wildman–Crippen LogP) is 1.88. The summed E-state index contributed by atoms with van der Waals surface area (Å²) in [7, 11) is 3.49. The van der Waals surface area contributed by atoms with E-state index in [1.807, 2.05) is 6.07 Å². The van der Waals surface area contributed by atoms with Gasteiger partial charge in [0, 0.05) is 31.2 Å². The average Bonchev–Trinajstić information content (AvgIpc) is 2.38. The van der Waals surface area contributed by atoms with Crippen LogP contribution in [0.5, 0.6) is 0 Å². The van der Waals surface area contributed by atoms with E-state index in [2.05, 4.69) is 16.8 Å². The fourth-order valence-electron chi connectivity index (χ4n) is 2.10. The first-order valence-corrected chi connectivity index (χ1v) is 6.31. The van der Waals surface area contributed by atoms with Crippen LogP contribution >= 0.6 is 11.6 Å². The average molecular weight is 269 g/mol. The molecule has 0 aliphatic carbocycles. The zero-order valence-corrected chi connectivity index (χ0v) is 11.4. The molecule has 0 aromatic heterocycles. The molecule has 0 radical (unpaired) electrons. The van der Waals surface area contributed by atoms with Crippen LogP contribution in [0.4, 0.5) is 5.69 Å². The van der Waals surface area contributed by atoms with Gasteiger partial charge in [-0.3, -0.25) is 0 Å². The third kappa shape index (κ3) is 2.76. The fourth-order valence-corrected chi connectivity index (χ4v) is 2.26. The lowest BCUT2D eigenvalue weighted by molar-refractivity contribution is 0.0601. The number of hydrogen-bond donors (Lipinski definition) is 0. The van der Waals surface area contributed by atoms with E-state index < -0.39 is 0 Å². The number of piperazine rings is 1. The third-order valence-corrected chi connectivity index (χ3v) is 3.44. The smallest absolute Gasteiger partial charge is 0.339 e. The number of ether oxygens (including phenoxy) is 1. The number of esters is 1. The van der Waals surface area contributed by atoms with Crippen LogP contribution < -0.4 is 4.90 Å². The Morgan fingerprint density at radius 2 is 1.94 bits per heavy atom. The van der Waals surface area contributed by atoms with Crippen LogP contribution in [-0.2, 0) is 4.74 Å². The monoisotopic (exact) mass is 268 g/mol. The van der Waals surface area contributed by atoms with Gasteiger partial charge in [-0.25, -0.2) is 4.79 Å². The van der Waals surface area contributed by atoms with E-state index in [1.165, 1.54) is 7.11 Å². The molecule has 1 saturated heterocycles. The molecule has 0 bridgehead atoms. The summed E-state index contributed by atoms with van der Waals surface area (Å²) in [6, 6.07) is 5.27. The van der Waals surface area contributed by atoms with Gasteiger partial charge < -0.3 is 14.5 Å². The highest BCUT2D eigenvalue weighted by molar-refractivity contribution is 6.31. The Hall–Kier alpha value is -1.26. The number of benzene rings is 1. The minimum atomic E-state index is -0.319. The summed E-state index contributed by atoms with van der Waals surface area (Å²) in [5.74, 6) is -0.319. The first-order chi connectivity index (χ1) is 8.61. The van der Waals surface area contributed by atoms with E-state index in [4.69, 9.17) is 16.3 Å². The lowest BCUT2D eigenvalue weighted by Crippen LogP contribution is -2.45. The summed E-state index contributed by atoms with van der Waals surface area (Å²) in [5.41, 5.74) is 1.44. The summed E-state index contributed by atoms with van der Waals surface area (Å²) >= 11 is 6.02. The molecular formula is C13H17ClN2O2. The van der Waals surface area contributed by atoms with Crippen LogP contribution in [-0.4, -0.2) is 51.2 Å². The van der Waals surface area contributed by atoms with E-state index in [0.717, 1.165) is 31.9 Å². The van der Waals surface area contributed by atoms with Crippen molar-refractivity contribution in [3.63, 3.8) is 0 Å². The molecule has 0 saturated carbocycles. The number of methoxy groups -OCH3 is 1. The van der Waals surface area contributed by atoms with Crippen LogP contribution in [0, 0.1) is 0 Å². The Kier molecular flexibility index (Phi) is 4.09. The largest absolute Gasteiger partial charge is 0.465 e. The molecule has 0 N–H and O–H groups in total. The third-order valence-electron chi connectivity index (χ3n) is 3.21. The second-order valence-electron chi connectivity index (χ2n) is 4.44. The van der Waals surface area contributed by atoms with Gasteiger partial charge in [0.25, 0.3) is 0 Å². The van der Waals surface area contributed by atoms with Crippen molar-refractivity contribution in [3.05, 3.63) is 28.8 Å². The minimum Gasteiger partial charge on any atom is -0.465 e. The second-order valence-corrected chi connectivity index (χ2v) is 4.88. The van der Waals surface area contributed by atoms with E-state index in [-0.39, 0.29) is 5.97 Å². The van der Waals surface area contributed by atoms with Crippen LogP contribution in [0.25, 0.3) is 0 Å². The summed E-state index contributed by atoms with van der Waals surface area (Å²) in [4.78, 5) is 16.2. The maximum Gasteiger partial charge on any atom is 0.339 e. The molecule has 5 heteroatoms. The molecule has 0 amide bonds. The van der Waals surface area contributed by atoms with Crippen molar-refractivity contribution in [2.24, 2.45) is 0 Å². The Balaban J connectivity index is 2.30. The number of carbonyl (C=O) groups excluding carboxylic acids is 1. The Morgan fingerprint density at radius 3 is 2.56 bits per heavy atom. The van der Waals surface area contributed by atoms with Crippen LogP contribution in [0.2, 0.25) is 5.02 Å². The van der Waals surface area contributed by atoms with E-state index in [0.29, 0.717) is 10.6 Å². The van der Waals surface area contributed by atoms with Crippen molar-refractivity contribution in [2.75, 3.05) is 45.2 Å². The fraction of sp³-hybridized carbons (Fsp3) is 0.462. The van der Waals surface area contributed by atoms with Crippen molar-refractivity contribution >= 4 is 23.3 Å². The van der Waals surface area contributed by atoms with Gasteiger partial charge in [0.2, 0.25) is 0 Å². The molecule has 1 aromatic carbocycles. The highest BCUT2D eigenvalue weighted by atomic mass is 35.5. The molecule has 0 atom stereocenters. The van der Waals surface area contributed by atoms with E-state index in [9.17, 15) is 4.79 Å². The molecule has 1 aliphatic rings. The van der Waals surface area contributed by atoms with Crippen LogP contribution in [0.1, 0.15) is 10.4 Å². The van der Waals surface area contributed by atoms with Gasteiger partial charge in [0.1, 0.15) is 0 Å². The lowest BCUT2D eigenvalue weighted by Gasteiger charge is -2.34. The zero-order valence-electron chi connectivity index (χ0n) is 10.6. The normalized spacial score (nSPS) is 16.7. The minimum absolute atomic E-state index is 0.319. The number of carbonyl (C=O) groups is 1. The molecule has 1 fully saturated rings. The van der Waals surface area contributed by atoms with Gasteiger partial charge in [-0.1, -0.05) is 11.6 Å². The van der Waals surface area contributed by atoms with Gasteiger partial charge in [-0.15, -0.1) is 0 Å². The molecule has 1 aliphatic heterocycles. The zero-order chi connectivity index (χ0) is 13.1. The summed E-state index contributed by atoms with van der Waals surface area (Å²) in [6.07, 6.45) is 0. The molecule has 98 valence electrons. The Bertz CT molecular complexity index is 443. The highest BCUT2D eigenvalue weighted by Crippen LogP contribution is 2.26. The lowest BCUT2D eigenvalue weighted by atomic mass is 10.1. The topological polar surface area (TPSA) is 32.8 Å². The van der Waals surface area contributed by atoms with E-state index >= 15 is 0 Å². The maximum absolute atomic E-state index is 11.8. The molecule has 18 heavy (non-hydrogen) atoms. The Morgan fingerprint density at radius 1 is 1.28 bits per heavy atom. The Labute approximate surface area is 112 Å². The molecule has 4 nitrogen and oxygen atoms in total. The summed E-state index contributed by atoms with van der Waals surface area (Å²) < 4.78 is 4.81. The quantitative estimate of drug-likeness (QED) is 0.767. The number of rotatable bonds is 2. The van der Waals surface area contributed by atoms with Gasteiger partial charge >= 0.3 is 5.97 Å². The number of hydrogen-bond acceptors (Lipinski definition) is 4. The number of likely N-dealkylation sites (N-methyl/N-ethyl adjacent to an activating group) is 1. The van der Waals surface area contributed by atoms with Crippen molar-refractivity contribution < 1.29 is 9.53 Å². The van der Waals surface area contributed by atoms with Gasteiger partial charge in [-0.2, -0.15) is 0 Å². The molecule has 0 unspecified atom stereocenters. The van der Waals surface area contributed by atoms with Crippen LogP contribution in [0.15, 0.2) is 18.2 Å². The van der Waals surface area contributed by atoms with Crippen LogP contribution in [0.3, 0.4) is 0 Å². The molecule has 1 heterocycles. The first kappa shape index (κ1) is 13.2. The SMILES string of the molecule is COC(=O)c1ccc(Cl)cc1N1CCN(C)CC1. The maximum atomic E-state index is 11.8. The molecular weight excluding hydrogens is 252 g/mol.